The lowest BCUT2D eigenvalue weighted by atomic mass is 9.73. The van der Waals surface area contributed by atoms with Crippen LogP contribution in [0.3, 0.4) is 0 Å². The van der Waals surface area contributed by atoms with Crippen molar-refractivity contribution in [2.24, 2.45) is 17.8 Å². The minimum absolute atomic E-state index is 0.0178. The molecule has 3 fully saturated rings. The lowest BCUT2D eigenvalue weighted by Gasteiger charge is -2.49. The SMILES string of the molecule is CCC1OC(=O)C(C)C(OC2CC(C)(O)C(O)C(C)O2)C(C)C(OC2OC(C)CC(N(C)C)C2O)C(C)(O)CC(C)(F)C(=O)C(C)C(O)C1(C)O. The Kier molecular flexibility index (Phi) is 13.9. The van der Waals surface area contributed by atoms with Crippen LogP contribution in [0.1, 0.15) is 94.9 Å². The summed E-state index contributed by atoms with van der Waals surface area (Å²) >= 11 is 0. The van der Waals surface area contributed by atoms with Crippen LogP contribution in [0, 0.1) is 17.8 Å². The molecule has 3 heterocycles. The minimum Gasteiger partial charge on any atom is -0.459 e. The van der Waals surface area contributed by atoms with Crippen LogP contribution in [-0.4, -0.2) is 151 Å². The van der Waals surface area contributed by atoms with Gasteiger partial charge in [-0.3, -0.25) is 9.59 Å². The average molecular weight is 738 g/mol. The molecule has 0 aromatic heterocycles. The van der Waals surface area contributed by atoms with Crippen molar-refractivity contribution in [2.45, 2.75) is 185 Å². The number of aliphatic hydroxyl groups is 6. The van der Waals surface area contributed by atoms with E-state index in [1.807, 2.05) is 4.90 Å². The third kappa shape index (κ3) is 9.48. The number of aliphatic hydroxyl groups excluding tert-OH is 3. The zero-order chi connectivity index (χ0) is 39.2. The van der Waals surface area contributed by atoms with E-state index in [4.69, 9.17) is 23.7 Å². The number of ketones is 1. The maximum atomic E-state index is 16.7. The molecule has 3 aliphatic heterocycles. The number of Topliss-reactive ketones (excluding diaryl/α,β-unsaturated/α-hetero) is 1. The van der Waals surface area contributed by atoms with E-state index in [0.29, 0.717) is 6.42 Å². The van der Waals surface area contributed by atoms with E-state index in [1.54, 1.807) is 41.8 Å². The number of carbonyl (C=O) groups is 2. The van der Waals surface area contributed by atoms with Crippen LogP contribution in [0.5, 0.6) is 0 Å². The van der Waals surface area contributed by atoms with Gasteiger partial charge in [0.1, 0.15) is 23.9 Å². The first-order valence-corrected chi connectivity index (χ1v) is 18.1. The fourth-order valence-corrected chi connectivity index (χ4v) is 8.26. The molecule has 0 amide bonds. The summed E-state index contributed by atoms with van der Waals surface area (Å²) in [7, 11) is 3.57. The van der Waals surface area contributed by atoms with Crippen LogP contribution < -0.4 is 0 Å². The van der Waals surface area contributed by atoms with Gasteiger partial charge in [-0.1, -0.05) is 20.8 Å². The molecule has 0 aliphatic carbocycles. The Morgan fingerprint density at radius 2 is 1.47 bits per heavy atom. The highest BCUT2D eigenvalue weighted by Gasteiger charge is 2.56. The first kappa shape index (κ1) is 44.0. The maximum absolute atomic E-state index is 16.7. The summed E-state index contributed by atoms with van der Waals surface area (Å²) in [5.41, 5.74) is -8.85. The molecule has 18 unspecified atom stereocenters. The Bertz CT molecular complexity index is 1200. The van der Waals surface area contributed by atoms with Crippen molar-refractivity contribution in [1.29, 1.82) is 0 Å². The molecule has 0 aromatic carbocycles. The molecule has 0 saturated carbocycles. The molecule has 51 heavy (non-hydrogen) atoms. The Morgan fingerprint density at radius 1 is 0.882 bits per heavy atom. The van der Waals surface area contributed by atoms with Gasteiger partial charge in [-0.15, -0.1) is 0 Å². The van der Waals surface area contributed by atoms with Gasteiger partial charge in [0.15, 0.2) is 24.0 Å². The van der Waals surface area contributed by atoms with Gasteiger partial charge in [0.05, 0.1) is 47.6 Å². The van der Waals surface area contributed by atoms with Crippen LogP contribution in [0.2, 0.25) is 0 Å². The second kappa shape index (κ2) is 16.2. The summed E-state index contributed by atoms with van der Waals surface area (Å²) in [6.07, 6.45) is -12.9. The molecule has 0 spiro atoms. The van der Waals surface area contributed by atoms with Gasteiger partial charge in [0.25, 0.3) is 0 Å². The zero-order valence-corrected chi connectivity index (χ0v) is 32.3. The van der Waals surface area contributed by atoms with Crippen LogP contribution in [0.15, 0.2) is 0 Å². The fraction of sp³-hybridized carbons (Fsp3) is 0.944. The third-order valence-electron chi connectivity index (χ3n) is 11.3. The highest BCUT2D eigenvalue weighted by Crippen LogP contribution is 2.42. The Hall–Kier alpha value is -1.37. The summed E-state index contributed by atoms with van der Waals surface area (Å²) in [5.74, 6) is -5.75. The third-order valence-corrected chi connectivity index (χ3v) is 11.3. The molecule has 0 bridgehead atoms. The Balaban J connectivity index is 2.21. The number of nitrogens with zero attached hydrogens (tertiary/aromatic N) is 1. The van der Waals surface area contributed by atoms with Crippen molar-refractivity contribution >= 4 is 11.8 Å². The van der Waals surface area contributed by atoms with Crippen LogP contribution in [0.25, 0.3) is 0 Å². The minimum atomic E-state index is -2.78. The first-order chi connectivity index (χ1) is 23.2. The number of alkyl halides is 1. The van der Waals surface area contributed by atoms with Crippen molar-refractivity contribution in [3.05, 3.63) is 0 Å². The van der Waals surface area contributed by atoms with E-state index in [9.17, 15) is 40.2 Å². The zero-order valence-electron chi connectivity index (χ0n) is 32.3. The molecule has 3 aliphatic rings. The van der Waals surface area contributed by atoms with Gasteiger partial charge in [-0.05, 0) is 75.4 Å². The average Bonchev–Trinajstić information content (AvgIpc) is 3.01. The number of carbonyl (C=O) groups excluding carboxylic acids is 2. The number of halogens is 1. The molecule has 18 atom stereocenters. The molecule has 14 nitrogen and oxygen atoms in total. The predicted molar refractivity (Wildman–Crippen MR) is 182 cm³/mol. The van der Waals surface area contributed by atoms with Crippen molar-refractivity contribution in [3.8, 4) is 0 Å². The van der Waals surface area contributed by atoms with E-state index >= 15 is 4.39 Å². The van der Waals surface area contributed by atoms with Crippen LogP contribution in [0.4, 0.5) is 4.39 Å². The largest absolute Gasteiger partial charge is 0.459 e. The molecule has 298 valence electrons. The van der Waals surface area contributed by atoms with Crippen molar-refractivity contribution in [1.82, 2.24) is 4.90 Å². The Morgan fingerprint density at radius 3 is 2.00 bits per heavy atom. The van der Waals surface area contributed by atoms with Crippen molar-refractivity contribution in [2.75, 3.05) is 14.1 Å². The number of esters is 1. The van der Waals surface area contributed by atoms with Crippen molar-refractivity contribution < 1.29 is 68.3 Å². The van der Waals surface area contributed by atoms with E-state index in [-0.39, 0.29) is 12.8 Å². The molecule has 0 radical (unpaired) electrons. The van der Waals surface area contributed by atoms with E-state index in [0.717, 1.165) is 6.92 Å². The Labute approximate surface area is 301 Å². The highest BCUT2D eigenvalue weighted by molar-refractivity contribution is 5.89. The predicted octanol–water partition coefficient (Wildman–Crippen LogP) is 1.22. The quantitative estimate of drug-likeness (QED) is 0.212. The molecule has 3 rings (SSSR count). The van der Waals surface area contributed by atoms with Gasteiger partial charge >= 0.3 is 5.97 Å². The summed E-state index contributed by atoms with van der Waals surface area (Å²) < 4.78 is 47.3. The lowest BCUT2D eigenvalue weighted by molar-refractivity contribution is -0.317. The maximum Gasteiger partial charge on any atom is 0.311 e. The first-order valence-electron chi connectivity index (χ1n) is 18.1. The second-order valence-corrected chi connectivity index (χ2v) is 16.5. The lowest BCUT2D eigenvalue weighted by Crippen LogP contribution is -2.62. The van der Waals surface area contributed by atoms with E-state index < -0.39 is 126 Å². The fourth-order valence-electron chi connectivity index (χ4n) is 8.26. The summed E-state index contributed by atoms with van der Waals surface area (Å²) in [5, 5.41) is 67.9. The monoisotopic (exact) mass is 737 g/mol. The highest BCUT2D eigenvalue weighted by atomic mass is 19.1. The van der Waals surface area contributed by atoms with Gasteiger partial charge in [0, 0.05) is 30.7 Å². The molecule has 3 saturated heterocycles. The molecular weight excluding hydrogens is 673 g/mol. The normalized spacial score (nSPS) is 51.2. The number of likely N-dealkylation sites (N-methyl/N-ethyl adjacent to an activating group) is 1. The van der Waals surface area contributed by atoms with E-state index in [1.165, 1.54) is 34.6 Å². The van der Waals surface area contributed by atoms with Gasteiger partial charge in [0.2, 0.25) is 0 Å². The molecular formula is C36H64FNO13. The number of ether oxygens (including phenoxy) is 5. The van der Waals surface area contributed by atoms with E-state index in [2.05, 4.69) is 0 Å². The number of cyclic esters (lactones) is 1. The van der Waals surface area contributed by atoms with Crippen LogP contribution in [-0.2, 0) is 33.3 Å². The number of hydrogen-bond donors (Lipinski definition) is 6. The van der Waals surface area contributed by atoms with Gasteiger partial charge < -0.3 is 59.2 Å². The summed E-state index contributed by atoms with van der Waals surface area (Å²) in [6, 6.07) is -0.418. The topological polar surface area (TPSA) is 205 Å². The number of hydrogen-bond acceptors (Lipinski definition) is 14. The summed E-state index contributed by atoms with van der Waals surface area (Å²) in [6.45, 7) is 14.1. The number of rotatable bonds is 6. The molecule has 6 N–H and O–H groups in total. The summed E-state index contributed by atoms with van der Waals surface area (Å²) in [4.78, 5) is 29.5. The molecule has 0 aromatic rings. The van der Waals surface area contributed by atoms with Crippen molar-refractivity contribution in [3.63, 3.8) is 0 Å². The smallest absolute Gasteiger partial charge is 0.311 e. The second-order valence-electron chi connectivity index (χ2n) is 16.5. The van der Waals surface area contributed by atoms with Gasteiger partial charge in [-0.25, -0.2) is 4.39 Å². The van der Waals surface area contributed by atoms with Gasteiger partial charge in [-0.2, -0.15) is 0 Å². The standard InChI is InChI=1S/C36H64FNO13/c1-13-23-36(10,46)28(41)20(5)27(40)33(7,37)16-35(9,45)30(51-32-25(39)22(38(11)12)14-17(2)47-32)18(3)26(19(4)31(43)49-23)50-24-15-34(8,44)29(42)21(6)48-24/h17-26,28-30,32,39,41-42,44-46H,13-16H2,1-12H3. The van der Waals surface area contributed by atoms with Crippen LogP contribution >= 0.6 is 0 Å². The molecule has 15 heteroatoms.